The summed E-state index contributed by atoms with van der Waals surface area (Å²) in [7, 11) is -2.08. The summed E-state index contributed by atoms with van der Waals surface area (Å²) < 4.78 is 26.3. The Balaban J connectivity index is 2.17. The van der Waals surface area contributed by atoms with Gasteiger partial charge < -0.3 is 5.11 Å². The lowest BCUT2D eigenvalue weighted by Crippen LogP contribution is -2.25. The summed E-state index contributed by atoms with van der Waals surface area (Å²) in [5.74, 6) is -0.974. The third-order valence-electron chi connectivity index (χ3n) is 2.88. The highest BCUT2D eigenvalue weighted by Crippen LogP contribution is 2.25. The largest absolute Gasteiger partial charge is 0.481 e. The van der Waals surface area contributed by atoms with E-state index in [1.54, 1.807) is 6.07 Å². The second-order valence-electron chi connectivity index (χ2n) is 4.54. The van der Waals surface area contributed by atoms with Crippen molar-refractivity contribution in [3.63, 3.8) is 0 Å². The Kier molecular flexibility index (Phi) is 4.76. The standard InChI is InChI=1S/C14H15NO4S2/c1-15(10-11-5-3-2-4-6-11)21(18,19)14-8-7-12(20-14)9-13(16)17/h2-8H,9-10H2,1H3,(H,16,17). The van der Waals surface area contributed by atoms with E-state index < -0.39 is 16.0 Å². The Morgan fingerprint density at radius 1 is 1.19 bits per heavy atom. The number of hydrogen-bond donors (Lipinski definition) is 1. The number of benzene rings is 1. The van der Waals surface area contributed by atoms with E-state index in [0.29, 0.717) is 4.88 Å². The van der Waals surface area contributed by atoms with Gasteiger partial charge in [0.25, 0.3) is 10.0 Å². The molecule has 0 aliphatic carbocycles. The molecular formula is C14H15NO4S2. The number of sulfonamides is 1. The zero-order valence-corrected chi connectivity index (χ0v) is 13.0. The van der Waals surface area contributed by atoms with Gasteiger partial charge in [-0.1, -0.05) is 30.3 Å². The first kappa shape index (κ1) is 15.7. The first-order chi connectivity index (χ1) is 9.89. The molecule has 0 spiro atoms. The Bertz CT molecular complexity index is 722. The molecule has 0 fully saturated rings. The van der Waals surface area contributed by atoms with E-state index in [2.05, 4.69) is 0 Å². The van der Waals surface area contributed by atoms with E-state index in [1.807, 2.05) is 30.3 Å². The number of carbonyl (C=O) groups is 1. The van der Waals surface area contributed by atoms with Crippen LogP contribution in [0.3, 0.4) is 0 Å². The van der Waals surface area contributed by atoms with Crippen molar-refractivity contribution in [1.29, 1.82) is 0 Å². The Labute approximate surface area is 127 Å². The number of carboxylic acid groups (broad SMARTS) is 1. The fraction of sp³-hybridized carbons (Fsp3) is 0.214. The van der Waals surface area contributed by atoms with Gasteiger partial charge in [-0.05, 0) is 17.7 Å². The van der Waals surface area contributed by atoms with Gasteiger partial charge in [0.2, 0.25) is 0 Å². The quantitative estimate of drug-likeness (QED) is 0.883. The van der Waals surface area contributed by atoms with Gasteiger partial charge in [0.1, 0.15) is 4.21 Å². The van der Waals surface area contributed by atoms with Crippen LogP contribution in [0.4, 0.5) is 0 Å². The molecule has 1 aromatic heterocycles. The molecule has 0 radical (unpaired) electrons. The molecule has 1 N–H and O–H groups in total. The predicted octanol–water partition coefficient (Wildman–Crippen LogP) is 2.20. The zero-order valence-electron chi connectivity index (χ0n) is 11.4. The van der Waals surface area contributed by atoms with Gasteiger partial charge in [0.15, 0.2) is 0 Å². The summed E-state index contributed by atoms with van der Waals surface area (Å²) in [4.78, 5) is 11.2. The monoisotopic (exact) mass is 325 g/mol. The molecule has 21 heavy (non-hydrogen) atoms. The van der Waals surface area contributed by atoms with Crippen molar-refractivity contribution in [2.75, 3.05) is 7.05 Å². The van der Waals surface area contributed by atoms with Crippen molar-refractivity contribution in [2.45, 2.75) is 17.2 Å². The van der Waals surface area contributed by atoms with Crippen LogP contribution in [0.25, 0.3) is 0 Å². The fourth-order valence-corrected chi connectivity index (χ4v) is 4.54. The maximum absolute atomic E-state index is 12.4. The van der Waals surface area contributed by atoms with Crippen LogP contribution in [0.1, 0.15) is 10.4 Å². The van der Waals surface area contributed by atoms with Gasteiger partial charge in [-0.15, -0.1) is 11.3 Å². The molecule has 2 aromatic rings. The van der Waals surface area contributed by atoms with Crippen LogP contribution in [0.2, 0.25) is 0 Å². The van der Waals surface area contributed by atoms with Crippen LogP contribution in [-0.4, -0.2) is 30.8 Å². The first-order valence-electron chi connectivity index (χ1n) is 6.20. The van der Waals surface area contributed by atoms with Crippen LogP contribution in [0.5, 0.6) is 0 Å². The molecular weight excluding hydrogens is 310 g/mol. The zero-order chi connectivity index (χ0) is 15.5. The van der Waals surface area contributed by atoms with E-state index in [1.165, 1.54) is 17.4 Å². The van der Waals surface area contributed by atoms with Crippen LogP contribution in [-0.2, 0) is 27.8 Å². The van der Waals surface area contributed by atoms with Crippen LogP contribution >= 0.6 is 11.3 Å². The number of hydrogen-bond acceptors (Lipinski definition) is 4. The molecule has 0 aliphatic rings. The number of thiophene rings is 1. The normalized spacial score (nSPS) is 11.7. The number of aliphatic carboxylic acids is 1. The van der Waals surface area contributed by atoms with Gasteiger partial charge in [-0.25, -0.2) is 8.42 Å². The average molecular weight is 325 g/mol. The maximum Gasteiger partial charge on any atom is 0.308 e. The second kappa shape index (κ2) is 6.38. The highest BCUT2D eigenvalue weighted by atomic mass is 32.2. The maximum atomic E-state index is 12.4. The summed E-state index contributed by atoms with van der Waals surface area (Å²) in [6.07, 6.45) is -0.164. The predicted molar refractivity (Wildman–Crippen MR) is 80.8 cm³/mol. The summed E-state index contributed by atoms with van der Waals surface area (Å²) in [6, 6.07) is 12.3. The summed E-state index contributed by atoms with van der Waals surface area (Å²) in [5.41, 5.74) is 0.894. The van der Waals surface area contributed by atoms with Crippen LogP contribution < -0.4 is 0 Å². The van der Waals surface area contributed by atoms with Crippen LogP contribution in [0.15, 0.2) is 46.7 Å². The molecule has 112 valence electrons. The van der Waals surface area contributed by atoms with E-state index in [-0.39, 0.29) is 17.2 Å². The van der Waals surface area contributed by atoms with Crippen molar-refractivity contribution >= 4 is 27.3 Å². The average Bonchev–Trinajstić information content (AvgIpc) is 2.88. The van der Waals surface area contributed by atoms with Crippen LogP contribution in [0, 0.1) is 0 Å². The minimum atomic E-state index is -3.59. The highest BCUT2D eigenvalue weighted by molar-refractivity contribution is 7.91. The molecule has 0 bridgehead atoms. The number of nitrogens with zero attached hydrogens (tertiary/aromatic N) is 1. The number of rotatable bonds is 6. The lowest BCUT2D eigenvalue weighted by molar-refractivity contribution is -0.136. The van der Waals surface area contributed by atoms with Crippen molar-refractivity contribution in [2.24, 2.45) is 0 Å². The fourth-order valence-electron chi connectivity index (χ4n) is 1.82. The molecule has 1 aromatic carbocycles. The summed E-state index contributed by atoms with van der Waals surface area (Å²) in [5, 5.41) is 8.73. The summed E-state index contributed by atoms with van der Waals surface area (Å²) in [6.45, 7) is 0.273. The van der Waals surface area contributed by atoms with Gasteiger partial charge in [-0.3, -0.25) is 4.79 Å². The first-order valence-corrected chi connectivity index (χ1v) is 8.46. The molecule has 5 nitrogen and oxygen atoms in total. The third-order valence-corrected chi connectivity index (χ3v) is 6.23. The lowest BCUT2D eigenvalue weighted by atomic mass is 10.2. The molecule has 0 amide bonds. The summed E-state index contributed by atoms with van der Waals surface area (Å²) >= 11 is 0.997. The Morgan fingerprint density at radius 3 is 2.48 bits per heavy atom. The molecule has 7 heteroatoms. The highest BCUT2D eigenvalue weighted by Gasteiger charge is 2.23. The van der Waals surface area contributed by atoms with Crippen molar-refractivity contribution in [1.82, 2.24) is 4.31 Å². The minimum absolute atomic E-state index is 0.164. The molecule has 0 saturated heterocycles. The topological polar surface area (TPSA) is 74.7 Å². The van der Waals surface area contributed by atoms with Crippen molar-refractivity contribution in [3.8, 4) is 0 Å². The molecule has 0 aliphatic heterocycles. The van der Waals surface area contributed by atoms with E-state index in [0.717, 1.165) is 16.9 Å². The molecule has 0 unspecified atom stereocenters. The van der Waals surface area contributed by atoms with E-state index in [9.17, 15) is 13.2 Å². The van der Waals surface area contributed by atoms with Gasteiger partial charge in [-0.2, -0.15) is 4.31 Å². The molecule has 1 heterocycles. The van der Waals surface area contributed by atoms with E-state index >= 15 is 0 Å². The molecule has 0 saturated carbocycles. The van der Waals surface area contributed by atoms with Crippen molar-refractivity contribution < 1.29 is 18.3 Å². The van der Waals surface area contributed by atoms with Gasteiger partial charge >= 0.3 is 5.97 Å². The van der Waals surface area contributed by atoms with E-state index in [4.69, 9.17) is 5.11 Å². The molecule has 0 atom stereocenters. The second-order valence-corrected chi connectivity index (χ2v) is 7.98. The van der Waals surface area contributed by atoms with Crippen molar-refractivity contribution in [3.05, 3.63) is 52.9 Å². The lowest BCUT2D eigenvalue weighted by Gasteiger charge is -2.15. The van der Waals surface area contributed by atoms with Gasteiger partial charge in [0.05, 0.1) is 6.42 Å². The molecule has 2 rings (SSSR count). The Morgan fingerprint density at radius 2 is 1.86 bits per heavy atom. The Hall–Kier alpha value is -1.70. The smallest absolute Gasteiger partial charge is 0.308 e. The third kappa shape index (κ3) is 3.90. The SMILES string of the molecule is CN(Cc1ccccc1)S(=O)(=O)c1ccc(CC(=O)O)s1. The minimum Gasteiger partial charge on any atom is -0.481 e. The van der Waals surface area contributed by atoms with Gasteiger partial charge in [0, 0.05) is 18.5 Å². The number of carboxylic acids is 1.